The predicted molar refractivity (Wildman–Crippen MR) is 106 cm³/mol. The van der Waals surface area contributed by atoms with Crippen LogP contribution in [0.4, 0.5) is 0 Å². The number of nitrogens with zero attached hydrogens (tertiary/aromatic N) is 5. The normalized spacial score (nSPS) is 16.0. The first-order valence-corrected chi connectivity index (χ1v) is 10.0. The fourth-order valence-corrected chi connectivity index (χ4v) is 4.91. The lowest BCUT2D eigenvalue weighted by Gasteiger charge is -2.29. The average molecular weight is 379 g/mol. The summed E-state index contributed by atoms with van der Waals surface area (Å²) in [6.07, 6.45) is 6.63. The van der Waals surface area contributed by atoms with E-state index in [2.05, 4.69) is 22.3 Å². The van der Waals surface area contributed by atoms with Crippen molar-refractivity contribution in [1.29, 1.82) is 0 Å². The van der Waals surface area contributed by atoms with Gasteiger partial charge in [0.05, 0.1) is 23.2 Å². The summed E-state index contributed by atoms with van der Waals surface area (Å²) in [5, 5.41) is 20.5. The molecule has 27 heavy (non-hydrogen) atoms. The summed E-state index contributed by atoms with van der Waals surface area (Å²) in [4.78, 5) is 6.85. The zero-order chi connectivity index (χ0) is 18.5. The van der Waals surface area contributed by atoms with E-state index in [4.69, 9.17) is 4.98 Å². The second-order valence-electron chi connectivity index (χ2n) is 7.24. The first-order chi connectivity index (χ1) is 13.1. The smallest absolute Gasteiger partial charge is 0.125 e. The van der Waals surface area contributed by atoms with Crippen LogP contribution in [0.5, 0.6) is 0 Å². The second kappa shape index (κ2) is 6.28. The van der Waals surface area contributed by atoms with Gasteiger partial charge in [-0.3, -0.25) is 9.36 Å². The monoisotopic (exact) mass is 379 g/mol. The molecule has 0 bridgehead atoms. The molecule has 0 spiro atoms. The molecule has 7 heteroatoms. The fraction of sp³-hybridized carbons (Fsp3) is 0.350. The van der Waals surface area contributed by atoms with Gasteiger partial charge in [-0.15, -0.1) is 11.3 Å². The van der Waals surface area contributed by atoms with Crippen molar-refractivity contribution in [1.82, 2.24) is 24.5 Å². The summed E-state index contributed by atoms with van der Waals surface area (Å²) in [6.45, 7) is 0. The number of thiophene rings is 1. The minimum Gasteiger partial charge on any atom is -0.387 e. The number of pyridine rings is 1. The van der Waals surface area contributed by atoms with E-state index >= 15 is 0 Å². The minimum absolute atomic E-state index is 0.384. The maximum atomic E-state index is 10.8. The molecule has 5 rings (SSSR count). The van der Waals surface area contributed by atoms with Gasteiger partial charge in [-0.2, -0.15) is 10.2 Å². The molecule has 0 radical (unpaired) electrons. The Hall–Kier alpha value is -2.51. The summed E-state index contributed by atoms with van der Waals surface area (Å²) >= 11 is 1.60. The van der Waals surface area contributed by atoms with Crippen molar-refractivity contribution in [3.05, 3.63) is 41.5 Å². The Balaban J connectivity index is 1.72. The Morgan fingerprint density at radius 1 is 1.07 bits per heavy atom. The molecular formula is C20H21N5OS. The maximum absolute atomic E-state index is 10.8. The minimum atomic E-state index is -0.391. The van der Waals surface area contributed by atoms with E-state index in [-0.39, 0.29) is 0 Å². The third kappa shape index (κ3) is 2.69. The van der Waals surface area contributed by atoms with Gasteiger partial charge in [0.1, 0.15) is 4.83 Å². The second-order valence-corrected chi connectivity index (χ2v) is 8.30. The van der Waals surface area contributed by atoms with Crippen LogP contribution in [0.25, 0.3) is 32.9 Å². The highest BCUT2D eigenvalue weighted by molar-refractivity contribution is 7.18. The first kappa shape index (κ1) is 16.6. The van der Waals surface area contributed by atoms with E-state index in [1.54, 1.807) is 17.5 Å². The number of aromatic nitrogens is 5. The van der Waals surface area contributed by atoms with Crippen molar-refractivity contribution in [3.63, 3.8) is 0 Å². The van der Waals surface area contributed by atoms with Crippen molar-refractivity contribution >= 4 is 21.6 Å². The number of aliphatic hydroxyl groups excluding tert-OH is 1. The van der Waals surface area contributed by atoms with Crippen LogP contribution in [0.2, 0.25) is 0 Å². The number of hydrogen-bond donors (Lipinski definition) is 1. The Morgan fingerprint density at radius 3 is 2.37 bits per heavy atom. The Kier molecular flexibility index (Phi) is 3.87. The van der Waals surface area contributed by atoms with Gasteiger partial charge < -0.3 is 5.11 Å². The first-order valence-electron chi connectivity index (χ1n) is 9.21. The third-order valence-electron chi connectivity index (χ3n) is 5.59. The van der Waals surface area contributed by atoms with E-state index in [0.29, 0.717) is 5.92 Å². The fourth-order valence-electron chi connectivity index (χ4n) is 3.77. The average Bonchev–Trinajstić information content (AvgIpc) is 3.31. The van der Waals surface area contributed by atoms with Crippen LogP contribution in [0.15, 0.2) is 36.7 Å². The molecule has 4 heterocycles. The Labute approximate surface area is 161 Å². The summed E-state index contributed by atoms with van der Waals surface area (Å²) in [5.41, 5.74) is 3.97. The lowest BCUT2D eigenvalue weighted by molar-refractivity contribution is 0.0650. The molecule has 0 unspecified atom stereocenters. The zero-order valence-electron chi connectivity index (χ0n) is 15.3. The van der Waals surface area contributed by atoms with Crippen LogP contribution < -0.4 is 0 Å². The van der Waals surface area contributed by atoms with E-state index in [1.165, 1.54) is 6.42 Å². The third-order valence-corrected chi connectivity index (χ3v) is 6.69. The van der Waals surface area contributed by atoms with Gasteiger partial charge in [0.2, 0.25) is 0 Å². The van der Waals surface area contributed by atoms with Gasteiger partial charge >= 0.3 is 0 Å². The zero-order valence-corrected chi connectivity index (χ0v) is 16.1. The molecule has 1 N–H and O–H groups in total. The lowest BCUT2D eigenvalue weighted by atomic mass is 9.80. The highest BCUT2D eigenvalue weighted by atomic mass is 32.1. The van der Waals surface area contributed by atoms with Gasteiger partial charge in [0.15, 0.2) is 0 Å². The van der Waals surface area contributed by atoms with Gasteiger partial charge in [-0.05, 0) is 43.0 Å². The molecule has 4 aromatic rings. The molecule has 1 aliphatic rings. The van der Waals surface area contributed by atoms with Gasteiger partial charge in [0.25, 0.3) is 0 Å². The lowest BCUT2D eigenvalue weighted by Crippen LogP contribution is -2.19. The standard InChI is InChI=1S/C20H21N5OS/c1-24-16(6-8-21-24)13-10-15(17-7-9-22-25(17)2)23-20-14(13)11-18(27-20)19(26)12-4-3-5-12/h6-12,19,26H,3-5H2,1-2H3/t19-/m1/s1. The van der Waals surface area contributed by atoms with Gasteiger partial charge in [0, 0.05) is 42.3 Å². The van der Waals surface area contributed by atoms with Crippen molar-refractivity contribution in [2.75, 3.05) is 0 Å². The molecule has 138 valence electrons. The Bertz CT molecular complexity index is 1120. The number of aliphatic hydroxyl groups is 1. The molecule has 1 fully saturated rings. The maximum Gasteiger partial charge on any atom is 0.125 e. The van der Waals surface area contributed by atoms with Crippen LogP contribution in [-0.4, -0.2) is 29.7 Å². The number of rotatable bonds is 4. The van der Waals surface area contributed by atoms with Crippen molar-refractivity contribution in [2.24, 2.45) is 20.0 Å². The summed E-state index contributed by atoms with van der Waals surface area (Å²) in [7, 11) is 3.87. The van der Waals surface area contributed by atoms with E-state index in [9.17, 15) is 5.11 Å². The molecule has 0 amide bonds. The van der Waals surface area contributed by atoms with Crippen molar-refractivity contribution in [3.8, 4) is 22.6 Å². The quantitative estimate of drug-likeness (QED) is 0.583. The summed E-state index contributed by atoms with van der Waals surface area (Å²) < 4.78 is 3.71. The number of aryl methyl sites for hydroxylation is 2. The molecular weight excluding hydrogens is 358 g/mol. The summed E-state index contributed by atoms with van der Waals surface area (Å²) in [6, 6.07) is 8.20. The molecule has 0 aliphatic heterocycles. The topological polar surface area (TPSA) is 68.8 Å². The van der Waals surface area contributed by atoms with Crippen LogP contribution in [0.3, 0.4) is 0 Å². The van der Waals surface area contributed by atoms with E-state index in [1.807, 2.05) is 41.8 Å². The van der Waals surface area contributed by atoms with E-state index < -0.39 is 6.10 Å². The van der Waals surface area contributed by atoms with Crippen LogP contribution in [0.1, 0.15) is 30.2 Å². The van der Waals surface area contributed by atoms with Crippen LogP contribution >= 0.6 is 11.3 Å². The number of fused-ring (bicyclic) bond motifs is 1. The molecule has 1 aliphatic carbocycles. The van der Waals surface area contributed by atoms with Crippen LogP contribution in [-0.2, 0) is 14.1 Å². The van der Waals surface area contributed by atoms with Crippen molar-refractivity contribution in [2.45, 2.75) is 25.4 Å². The van der Waals surface area contributed by atoms with Crippen molar-refractivity contribution < 1.29 is 5.11 Å². The highest BCUT2D eigenvalue weighted by Crippen LogP contribution is 2.43. The molecule has 1 saturated carbocycles. The van der Waals surface area contributed by atoms with Gasteiger partial charge in [-0.25, -0.2) is 4.98 Å². The SMILES string of the molecule is Cn1nccc1-c1cc(-c2ccnn2C)c2cc([C@H](O)C3CCC3)sc2n1. The predicted octanol–water partition coefficient (Wildman–Crippen LogP) is 3.93. The summed E-state index contributed by atoms with van der Waals surface area (Å²) in [5.74, 6) is 0.384. The molecule has 4 aromatic heterocycles. The molecule has 1 atom stereocenters. The molecule has 6 nitrogen and oxygen atoms in total. The van der Waals surface area contributed by atoms with Gasteiger partial charge in [-0.1, -0.05) is 6.42 Å². The molecule has 0 saturated heterocycles. The Morgan fingerprint density at radius 2 is 1.78 bits per heavy atom. The molecule has 0 aromatic carbocycles. The van der Waals surface area contributed by atoms with Crippen LogP contribution in [0, 0.1) is 5.92 Å². The largest absolute Gasteiger partial charge is 0.387 e. The van der Waals surface area contributed by atoms with E-state index in [0.717, 1.165) is 50.6 Å². The number of hydrogen-bond acceptors (Lipinski definition) is 5. The highest BCUT2D eigenvalue weighted by Gasteiger charge is 2.29.